The van der Waals surface area contributed by atoms with Gasteiger partial charge in [0.25, 0.3) is 0 Å². The number of esters is 2. The smallest absolute Gasteiger partial charge is 0.458 e. The first-order chi connectivity index (χ1) is 24.4. The fourth-order valence-corrected chi connectivity index (χ4v) is 6.63. The first kappa shape index (κ1) is 44.7. The quantitative estimate of drug-likeness (QED) is 0.163. The predicted octanol–water partition coefficient (Wildman–Crippen LogP) is 5.03. The third kappa shape index (κ3) is 14.2. The van der Waals surface area contributed by atoms with Gasteiger partial charge in [-0.2, -0.15) is 35.9 Å². The number of hydrogen-bond donors (Lipinski definition) is 0. The average molecular weight is 769 g/mol. The molecule has 3 aliphatic rings. The molecular weight excluding hydrogens is 723 g/mol. The van der Waals surface area contributed by atoms with Gasteiger partial charge in [0.05, 0.1) is 32.5 Å². The minimum Gasteiger partial charge on any atom is -0.458 e. The Morgan fingerprint density at radius 1 is 0.827 bits per heavy atom. The molecule has 52 heavy (non-hydrogen) atoms. The van der Waals surface area contributed by atoms with Gasteiger partial charge < -0.3 is 23.7 Å². The molecule has 3 aliphatic heterocycles. The van der Waals surface area contributed by atoms with E-state index in [0.717, 1.165) is 68.3 Å². The minimum atomic E-state index is -3.67. The van der Waals surface area contributed by atoms with E-state index in [1.54, 1.807) is 0 Å². The van der Waals surface area contributed by atoms with Crippen molar-refractivity contribution in [1.82, 2.24) is 0 Å². The zero-order chi connectivity index (χ0) is 36.9. The first-order valence-corrected chi connectivity index (χ1v) is 17.7. The molecule has 5 atom stereocenters. The molecule has 3 saturated heterocycles. The van der Waals surface area contributed by atoms with E-state index in [-0.39, 0.29) is 63.4 Å². The van der Waals surface area contributed by atoms with Gasteiger partial charge in [-0.3, -0.25) is 22.5 Å². The van der Waals surface area contributed by atoms with Crippen LogP contribution >= 0.6 is 11.6 Å². The summed E-state index contributed by atoms with van der Waals surface area (Å²) in [6.45, 7) is 10.3. The zero-order valence-electron chi connectivity index (χ0n) is 30.5. The van der Waals surface area contributed by atoms with Crippen molar-refractivity contribution in [2.75, 3.05) is 26.4 Å². The molecule has 6 rings (SSSR count). The van der Waals surface area contributed by atoms with Crippen LogP contribution in [0.15, 0.2) is 66.7 Å². The van der Waals surface area contributed by atoms with Gasteiger partial charge in [-0.1, -0.05) is 61.8 Å². The molecule has 0 unspecified atom stereocenters. The Morgan fingerprint density at radius 2 is 1.33 bits per heavy atom. The molecule has 0 spiro atoms. The topological polar surface area (TPSA) is 80.3 Å². The Kier molecular flexibility index (Phi) is 19.4. The summed E-state index contributed by atoms with van der Waals surface area (Å²) in [5.41, 5.74) is 5.65. The van der Waals surface area contributed by atoms with Gasteiger partial charge in [0, 0.05) is 36.6 Å². The second-order valence-electron chi connectivity index (χ2n) is 13.2. The normalized spacial score (nSPS) is 22.4. The van der Waals surface area contributed by atoms with Gasteiger partial charge in [0.15, 0.2) is 6.10 Å². The Bertz CT molecular complexity index is 1530. The molecule has 0 N–H and O–H groups in total. The molecule has 3 fully saturated rings. The summed E-state index contributed by atoms with van der Waals surface area (Å²) in [5.74, 6) is 0.391. The van der Waals surface area contributed by atoms with E-state index in [1.807, 2.05) is 44.2 Å². The van der Waals surface area contributed by atoms with Gasteiger partial charge in [0.1, 0.15) is 12.2 Å². The van der Waals surface area contributed by atoms with Crippen LogP contribution in [0.4, 0.5) is 12.9 Å². The fourth-order valence-electron chi connectivity index (χ4n) is 6.44. The van der Waals surface area contributed by atoms with Gasteiger partial charge in [-0.25, -0.2) is 0 Å². The molecule has 276 valence electrons. The van der Waals surface area contributed by atoms with Crippen molar-refractivity contribution in [3.8, 4) is 0 Å². The third-order valence-corrected chi connectivity index (χ3v) is 9.49. The number of ether oxygens (including phenoxy) is 5. The van der Waals surface area contributed by atoms with Gasteiger partial charge in [0.2, 0.25) is 0 Å². The van der Waals surface area contributed by atoms with E-state index in [2.05, 4.69) is 42.5 Å². The fraction of sp³-hybridized carbons (Fsp3) is 0.487. The van der Waals surface area contributed by atoms with E-state index in [9.17, 15) is 22.5 Å². The maximum absolute atomic E-state index is 12.0. The van der Waals surface area contributed by atoms with Crippen molar-refractivity contribution in [3.63, 3.8) is 0 Å². The molecule has 13 heteroatoms. The van der Waals surface area contributed by atoms with E-state index >= 15 is 0 Å². The van der Waals surface area contributed by atoms with Crippen LogP contribution in [0.5, 0.6) is 0 Å². The molecule has 3 aromatic rings. The Hall–Kier alpha value is -1.74. The molecule has 0 saturated carbocycles. The summed E-state index contributed by atoms with van der Waals surface area (Å²) in [7, 11) is -3.67. The second-order valence-corrected chi connectivity index (χ2v) is 13.6. The van der Waals surface area contributed by atoms with E-state index < -0.39 is 37.8 Å². The number of hydrogen-bond acceptors (Lipinski definition) is 7. The summed E-state index contributed by atoms with van der Waals surface area (Å²) in [4.78, 5) is 23.9. The van der Waals surface area contributed by atoms with Gasteiger partial charge >= 0.3 is 70.9 Å². The maximum atomic E-state index is 12.0. The molecule has 7 nitrogen and oxygen atoms in total. The van der Waals surface area contributed by atoms with Crippen LogP contribution in [0.3, 0.4) is 0 Å². The monoisotopic (exact) mass is 768 g/mol. The van der Waals surface area contributed by atoms with Gasteiger partial charge in [-0.05, 0) is 54.0 Å². The summed E-state index contributed by atoms with van der Waals surface area (Å²) in [6, 6.07) is 25.6. The number of carbonyl (C=O) groups is 2. The van der Waals surface area contributed by atoms with E-state index in [0.29, 0.717) is 17.4 Å². The van der Waals surface area contributed by atoms with E-state index in [1.165, 1.54) is 25.0 Å². The molecule has 0 radical (unpaired) electrons. The molecular formula is C39H46BClF3KO7. The summed E-state index contributed by atoms with van der Waals surface area (Å²) in [5, 5.41) is 0.659. The summed E-state index contributed by atoms with van der Waals surface area (Å²) in [6.07, 6.45) is 1.49. The molecule has 3 aromatic carbocycles. The number of halogens is 4. The third-order valence-electron chi connectivity index (χ3n) is 9.12. The zero-order valence-corrected chi connectivity index (χ0v) is 34.4. The SMILES string of the molecule is CC[C@H]1O[C@@H](c2ccc(Cl)c(Cc3ccc(CC4COC4)cc3)c2)[C@H](OC(C)=O)[C@@H](OC(C)=O)[C@@H]1C.FB(F)F.[K+].[c-]1ccc(CC2COC2)cc1. The largest absolute Gasteiger partial charge is 1.00 e. The average Bonchev–Trinajstić information content (AvgIpc) is 3.05. The molecule has 0 aliphatic carbocycles. The van der Waals surface area contributed by atoms with Crippen molar-refractivity contribution in [3.05, 3.63) is 106 Å². The number of rotatable bonds is 10. The molecule has 0 bridgehead atoms. The number of carbonyl (C=O) groups excluding carboxylic acids is 2. The van der Waals surface area contributed by atoms with Crippen LogP contribution in [0, 0.1) is 23.8 Å². The minimum absolute atomic E-state index is 0. The second kappa shape index (κ2) is 22.6. The van der Waals surface area contributed by atoms with Crippen molar-refractivity contribution < 1.29 is 97.6 Å². The Labute approximate surface area is 353 Å². The van der Waals surface area contributed by atoms with Crippen LogP contribution in [-0.4, -0.2) is 64.2 Å². The molecule has 0 aromatic heterocycles. The van der Waals surface area contributed by atoms with Crippen molar-refractivity contribution in [2.45, 2.75) is 77.8 Å². The van der Waals surface area contributed by atoms with Crippen molar-refractivity contribution >= 4 is 31.1 Å². The molecule has 0 amide bonds. The van der Waals surface area contributed by atoms with Crippen LogP contribution in [0.1, 0.15) is 68.0 Å². The standard InChI is InChI=1S/C29H35ClO6.C10H11O.BF3.K/c1-5-26-17(2)27(34-18(3)31)29(35-19(4)32)28(36-26)23-10-11-25(30)24(14-23)13-21-8-6-20(7-9-21)12-22-15-33-16-22;1-2-4-9(5-3-1)6-10-7-11-8-10;2-1(3)4;/h6-11,14,17,22,26-29H,5,12-13,15-16H2,1-4H3;2-5,10H,6-8H2;;/q;-1;;+1/t17-,26-,27+,28+,29-;;;/m1.../s1. The number of benzene rings is 3. The summed E-state index contributed by atoms with van der Waals surface area (Å²) >= 11 is 6.60. The van der Waals surface area contributed by atoms with Crippen molar-refractivity contribution in [1.29, 1.82) is 0 Å². The van der Waals surface area contributed by atoms with Crippen LogP contribution in [0.2, 0.25) is 5.02 Å². The van der Waals surface area contributed by atoms with Crippen LogP contribution in [0.25, 0.3) is 0 Å². The Morgan fingerprint density at radius 3 is 1.81 bits per heavy atom. The van der Waals surface area contributed by atoms with Crippen LogP contribution in [-0.2, 0) is 52.5 Å². The predicted molar refractivity (Wildman–Crippen MR) is 189 cm³/mol. The summed E-state index contributed by atoms with van der Waals surface area (Å²) < 4.78 is 57.2. The Balaban J connectivity index is 0.000000377. The maximum Gasteiger partial charge on any atom is 1.00 e. The molecule has 3 heterocycles. The van der Waals surface area contributed by atoms with Gasteiger partial charge in [-0.15, -0.1) is 0 Å². The van der Waals surface area contributed by atoms with Crippen LogP contribution < -0.4 is 51.4 Å². The van der Waals surface area contributed by atoms with E-state index in [4.69, 9.17) is 35.3 Å². The van der Waals surface area contributed by atoms with Crippen molar-refractivity contribution in [2.24, 2.45) is 17.8 Å². The first-order valence-electron chi connectivity index (χ1n) is 17.3.